The van der Waals surface area contributed by atoms with Gasteiger partial charge in [-0.2, -0.15) is 0 Å². The molecule has 0 saturated carbocycles. The van der Waals surface area contributed by atoms with Crippen molar-refractivity contribution in [2.75, 3.05) is 6.54 Å². The minimum atomic E-state index is -2.69. The quantitative estimate of drug-likeness (QED) is 0.682. The van der Waals surface area contributed by atoms with Crippen LogP contribution in [-0.4, -0.2) is 17.6 Å². The predicted molar refractivity (Wildman–Crippen MR) is 101 cm³/mol. The Labute approximate surface area is 155 Å². The topological polar surface area (TPSA) is 24.4 Å². The lowest BCUT2D eigenvalue weighted by Gasteiger charge is -2.14. The lowest BCUT2D eigenvalue weighted by Crippen LogP contribution is -2.21. The van der Waals surface area contributed by atoms with Crippen LogP contribution in [0.3, 0.4) is 0 Å². The maximum Gasteiger partial charge on any atom is 0.247 e. The molecule has 0 bridgehead atoms. The van der Waals surface area contributed by atoms with E-state index in [1.54, 1.807) is 11.8 Å². The number of hydrogen-bond donors (Lipinski definition) is 1. The molecular weight excluding hydrogens is 362 g/mol. The first-order valence-corrected chi connectivity index (χ1v) is 8.99. The van der Waals surface area contributed by atoms with E-state index in [1.807, 2.05) is 42.5 Å². The number of halogens is 3. The molecule has 25 heavy (non-hydrogen) atoms. The molecule has 0 spiro atoms. The Balaban J connectivity index is 1.82. The zero-order valence-electron chi connectivity index (χ0n) is 13.7. The number of fused-ring (bicyclic) bond motifs is 2. The maximum absolute atomic E-state index is 12.9. The van der Waals surface area contributed by atoms with Gasteiger partial charge in [-0.25, -0.2) is 13.8 Å². The van der Waals surface area contributed by atoms with Gasteiger partial charge in [0.1, 0.15) is 5.17 Å². The summed E-state index contributed by atoms with van der Waals surface area (Å²) in [5.74, 6) is -2.69. The van der Waals surface area contributed by atoms with Crippen LogP contribution in [0, 0.1) is 0 Å². The standard InChI is InChI=1S/C19H17ClF2N2S/c1-12(23-10-9-19(2,21)22)13-7-8-17-15(11-13)24-18(20)14-5-3-4-6-16(14)25-17/h3-8,11,23H,1,9-10H2,2H3. The Morgan fingerprint density at radius 3 is 2.76 bits per heavy atom. The van der Waals surface area contributed by atoms with Crippen molar-refractivity contribution in [2.45, 2.75) is 29.1 Å². The molecule has 1 N–H and O–H groups in total. The van der Waals surface area contributed by atoms with Gasteiger partial charge in [0.15, 0.2) is 0 Å². The molecule has 130 valence electrons. The number of nitrogens with one attached hydrogen (secondary N) is 1. The number of aliphatic imine (C=N–C) groups is 1. The van der Waals surface area contributed by atoms with Gasteiger partial charge in [0.05, 0.1) is 5.69 Å². The van der Waals surface area contributed by atoms with Crippen LogP contribution in [0.1, 0.15) is 24.5 Å². The van der Waals surface area contributed by atoms with E-state index in [-0.39, 0.29) is 13.0 Å². The molecule has 1 aliphatic rings. The summed E-state index contributed by atoms with van der Waals surface area (Å²) in [7, 11) is 0. The van der Waals surface area contributed by atoms with Gasteiger partial charge in [0.2, 0.25) is 5.92 Å². The third-order valence-corrected chi connectivity index (χ3v) is 5.19. The van der Waals surface area contributed by atoms with Crippen molar-refractivity contribution >= 4 is 39.9 Å². The minimum absolute atomic E-state index is 0.156. The molecule has 0 unspecified atom stereocenters. The molecule has 6 heteroatoms. The highest BCUT2D eigenvalue weighted by Gasteiger charge is 2.20. The molecule has 1 aliphatic heterocycles. The summed E-state index contributed by atoms with van der Waals surface area (Å²) in [5.41, 5.74) is 3.03. The van der Waals surface area contributed by atoms with Gasteiger partial charge >= 0.3 is 0 Å². The normalized spacial score (nSPS) is 13.4. The summed E-state index contributed by atoms with van der Waals surface area (Å²) in [4.78, 5) is 6.55. The molecule has 0 saturated heterocycles. The lowest BCUT2D eigenvalue weighted by molar-refractivity contribution is 0.0144. The Kier molecular flexibility index (Phi) is 5.16. The highest BCUT2D eigenvalue weighted by atomic mass is 35.5. The number of alkyl halides is 2. The van der Waals surface area contributed by atoms with Crippen molar-refractivity contribution in [1.82, 2.24) is 5.32 Å². The molecule has 0 atom stereocenters. The average molecular weight is 379 g/mol. The van der Waals surface area contributed by atoms with E-state index in [1.165, 1.54) is 0 Å². The van der Waals surface area contributed by atoms with Crippen LogP contribution in [0.5, 0.6) is 0 Å². The molecule has 2 aromatic carbocycles. The largest absolute Gasteiger partial charge is 0.385 e. The van der Waals surface area contributed by atoms with Crippen molar-refractivity contribution in [3.63, 3.8) is 0 Å². The zero-order valence-corrected chi connectivity index (χ0v) is 15.2. The summed E-state index contributed by atoms with van der Waals surface area (Å²) in [6.45, 7) is 5.00. The van der Waals surface area contributed by atoms with E-state index in [0.29, 0.717) is 10.9 Å². The molecule has 0 fully saturated rings. The number of nitrogens with zero attached hydrogens (tertiary/aromatic N) is 1. The van der Waals surface area contributed by atoms with E-state index < -0.39 is 5.92 Å². The fourth-order valence-corrected chi connectivity index (χ4v) is 3.74. The van der Waals surface area contributed by atoms with Crippen LogP contribution in [0.2, 0.25) is 0 Å². The van der Waals surface area contributed by atoms with Gasteiger partial charge < -0.3 is 5.32 Å². The Morgan fingerprint density at radius 1 is 1.24 bits per heavy atom. The fraction of sp³-hybridized carbons (Fsp3) is 0.211. The van der Waals surface area contributed by atoms with E-state index in [9.17, 15) is 8.78 Å². The summed E-state index contributed by atoms with van der Waals surface area (Å²) in [6.07, 6.45) is -0.244. The van der Waals surface area contributed by atoms with Gasteiger partial charge in [-0.15, -0.1) is 0 Å². The summed E-state index contributed by atoms with van der Waals surface area (Å²) < 4.78 is 25.8. The zero-order chi connectivity index (χ0) is 18.0. The summed E-state index contributed by atoms with van der Waals surface area (Å²) in [6, 6.07) is 13.6. The molecule has 0 radical (unpaired) electrons. The third kappa shape index (κ3) is 4.41. The van der Waals surface area contributed by atoms with Gasteiger partial charge in [0, 0.05) is 34.0 Å². The van der Waals surface area contributed by atoms with Crippen molar-refractivity contribution in [2.24, 2.45) is 4.99 Å². The average Bonchev–Trinajstić information content (AvgIpc) is 2.69. The van der Waals surface area contributed by atoms with E-state index >= 15 is 0 Å². The van der Waals surface area contributed by atoms with Crippen LogP contribution >= 0.6 is 23.4 Å². The molecule has 0 aromatic heterocycles. The van der Waals surface area contributed by atoms with Crippen LogP contribution < -0.4 is 5.32 Å². The monoisotopic (exact) mass is 378 g/mol. The van der Waals surface area contributed by atoms with Crippen LogP contribution in [0.15, 0.2) is 63.8 Å². The van der Waals surface area contributed by atoms with Gasteiger partial charge in [-0.05, 0) is 30.7 Å². The molecule has 0 aliphatic carbocycles. The van der Waals surface area contributed by atoms with Crippen molar-refractivity contribution in [3.05, 3.63) is 60.2 Å². The third-order valence-electron chi connectivity index (χ3n) is 3.76. The lowest BCUT2D eigenvalue weighted by atomic mass is 10.1. The number of rotatable bonds is 5. The second-order valence-electron chi connectivity index (χ2n) is 5.91. The van der Waals surface area contributed by atoms with Crippen LogP contribution in [0.25, 0.3) is 5.70 Å². The molecular formula is C19H17ClF2N2S. The van der Waals surface area contributed by atoms with Gasteiger partial charge in [0.25, 0.3) is 0 Å². The second-order valence-corrected chi connectivity index (χ2v) is 7.35. The fourth-order valence-electron chi connectivity index (χ4n) is 2.42. The maximum atomic E-state index is 12.9. The molecule has 1 heterocycles. The van der Waals surface area contributed by atoms with Crippen molar-refractivity contribution in [1.29, 1.82) is 0 Å². The van der Waals surface area contributed by atoms with Crippen molar-refractivity contribution in [3.8, 4) is 0 Å². The van der Waals surface area contributed by atoms with Crippen molar-refractivity contribution < 1.29 is 8.78 Å². The van der Waals surface area contributed by atoms with E-state index in [4.69, 9.17) is 11.6 Å². The number of hydrogen-bond acceptors (Lipinski definition) is 3. The first-order valence-electron chi connectivity index (χ1n) is 7.80. The first kappa shape index (κ1) is 18.0. The highest BCUT2D eigenvalue weighted by Crippen LogP contribution is 2.41. The molecule has 2 nitrogen and oxygen atoms in total. The second kappa shape index (κ2) is 7.18. The highest BCUT2D eigenvalue weighted by molar-refractivity contribution is 7.99. The predicted octanol–water partition coefficient (Wildman–Crippen LogP) is 6.07. The Morgan fingerprint density at radius 2 is 2.00 bits per heavy atom. The van der Waals surface area contributed by atoms with E-state index in [0.717, 1.165) is 33.5 Å². The molecule has 0 amide bonds. The first-order chi connectivity index (χ1) is 11.8. The number of benzene rings is 2. The minimum Gasteiger partial charge on any atom is -0.385 e. The van der Waals surface area contributed by atoms with E-state index in [2.05, 4.69) is 16.9 Å². The SMILES string of the molecule is C=C(NCCC(C)(F)F)c1ccc2c(c1)N=C(Cl)c1ccccc1S2. The summed E-state index contributed by atoms with van der Waals surface area (Å²) >= 11 is 7.96. The summed E-state index contributed by atoms with van der Waals surface area (Å²) in [5, 5.41) is 3.38. The Bertz CT molecular complexity index is 844. The van der Waals surface area contributed by atoms with Gasteiger partial charge in [-0.1, -0.05) is 54.2 Å². The van der Waals surface area contributed by atoms with Gasteiger partial charge in [-0.3, -0.25) is 0 Å². The Hall–Kier alpha value is -1.85. The van der Waals surface area contributed by atoms with Crippen LogP contribution in [0.4, 0.5) is 14.5 Å². The molecule has 3 rings (SSSR count). The smallest absolute Gasteiger partial charge is 0.247 e. The van der Waals surface area contributed by atoms with Crippen LogP contribution in [-0.2, 0) is 0 Å². The molecule has 2 aromatic rings.